The van der Waals surface area contributed by atoms with Crippen LogP contribution < -0.4 is 5.32 Å². The number of amides is 1. The van der Waals surface area contributed by atoms with Crippen LogP contribution in [0.25, 0.3) is 0 Å². The fourth-order valence-corrected chi connectivity index (χ4v) is 2.44. The standard InChI is InChI=1S/C19H26N4O/c1-5-11-20-18-12-17(21-15(4)22-18)19(24)23(14(2)3)13-16-9-7-6-8-10-16/h6-10,12,14H,5,11,13H2,1-4H3,(H,20,21,22). The molecule has 128 valence electrons. The zero-order valence-electron chi connectivity index (χ0n) is 14.9. The largest absolute Gasteiger partial charge is 0.370 e. The third kappa shape index (κ3) is 4.78. The summed E-state index contributed by atoms with van der Waals surface area (Å²) in [6, 6.07) is 11.8. The molecule has 5 nitrogen and oxygen atoms in total. The minimum absolute atomic E-state index is 0.0705. The zero-order valence-corrected chi connectivity index (χ0v) is 14.9. The molecule has 0 aliphatic carbocycles. The van der Waals surface area contributed by atoms with Gasteiger partial charge in [0.15, 0.2) is 0 Å². The lowest BCUT2D eigenvalue weighted by atomic mass is 10.1. The fourth-order valence-electron chi connectivity index (χ4n) is 2.44. The maximum Gasteiger partial charge on any atom is 0.273 e. The number of aryl methyl sites for hydroxylation is 1. The molecular formula is C19H26N4O. The smallest absolute Gasteiger partial charge is 0.273 e. The Bertz CT molecular complexity index is 670. The molecule has 1 amide bonds. The van der Waals surface area contributed by atoms with Crippen molar-refractivity contribution in [2.24, 2.45) is 0 Å². The summed E-state index contributed by atoms with van der Waals surface area (Å²) in [6.07, 6.45) is 0.998. The van der Waals surface area contributed by atoms with Crippen LogP contribution in [-0.2, 0) is 6.54 Å². The van der Waals surface area contributed by atoms with Crippen molar-refractivity contribution in [3.63, 3.8) is 0 Å². The van der Waals surface area contributed by atoms with Crippen LogP contribution >= 0.6 is 0 Å². The van der Waals surface area contributed by atoms with Gasteiger partial charge in [0, 0.05) is 25.2 Å². The van der Waals surface area contributed by atoms with Crippen LogP contribution in [0.15, 0.2) is 36.4 Å². The number of benzene rings is 1. The summed E-state index contributed by atoms with van der Waals surface area (Å²) in [4.78, 5) is 23.5. The van der Waals surface area contributed by atoms with Crippen molar-refractivity contribution in [1.82, 2.24) is 14.9 Å². The lowest BCUT2D eigenvalue weighted by molar-refractivity contribution is 0.0684. The van der Waals surface area contributed by atoms with Gasteiger partial charge < -0.3 is 10.2 Å². The number of rotatable bonds is 7. The number of anilines is 1. The number of carbonyl (C=O) groups is 1. The molecule has 5 heteroatoms. The normalized spacial score (nSPS) is 10.7. The van der Waals surface area contributed by atoms with E-state index in [4.69, 9.17) is 0 Å². The SMILES string of the molecule is CCCNc1cc(C(=O)N(Cc2ccccc2)C(C)C)nc(C)n1. The van der Waals surface area contributed by atoms with Crippen molar-refractivity contribution in [3.8, 4) is 0 Å². The molecule has 0 saturated heterocycles. The second-order valence-corrected chi connectivity index (χ2v) is 6.12. The highest BCUT2D eigenvalue weighted by molar-refractivity contribution is 5.93. The summed E-state index contributed by atoms with van der Waals surface area (Å²) < 4.78 is 0. The van der Waals surface area contributed by atoms with Gasteiger partial charge in [-0.1, -0.05) is 37.3 Å². The lowest BCUT2D eigenvalue weighted by Gasteiger charge is -2.26. The molecule has 1 aromatic heterocycles. The van der Waals surface area contributed by atoms with E-state index in [9.17, 15) is 4.79 Å². The minimum atomic E-state index is -0.0705. The Morgan fingerprint density at radius 1 is 1.21 bits per heavy atom. The first-order chi connectivity index (χ1) is 11.5. The quantitative estimate of drug-likeness (QED) is 0.843. The van der Waals surface area contributed by atoms with Crippen molar-refractivity contribution < 1.29 is 4.79 Å². The van der Waals surface area contributed by atoms with Gasteiger partial charge in [0.25, 0.3) is 5.91 Å². The summed E-state index contributed by atoms with van der Waals surface area (Å²) in [7, 11) is 0. The summed E-state index contributed by atoms with van der Waals surface area (Å²) in [5.74, 6) is 1.23. The van der Waals surface area contributed by atoms with E-state index < -0.39 is 0 Å². The number of hydrogen-bond donors (Lipinski definition) is 1. The topological polar surface area (TPSA) is 58.1 Å². The first-order valence-electron chi connectivity index (χ1n) is 8.45. The first-order valence-corrected chi connectivity index (χ1v) is 8.45. The Labute approximate surface area is 144 Å². The van der Waals surface area contributed by atoms with Gasteiger partial charge in [0.2, 0.25) is 0 Å². The molecular weight excluding hydrogens is 300 g/mol. The van der Waals surface area contributed by atoms with Crippen molar-refractivity contribution in [3.05, 3.63) is 53.5 Å². The molecule has 0 aliphatic heterocycles. The molecule has 0 unspecified atom stereocenters. The fraction of sp³-hybridized carbons (Fsp3) is 0.421. The molecule has 1 heterocycles. The average molecular weight is 326 g/mol. The van der Waals surface area contributed by atoms with E-state index in [2.05, 4.69) is 22.2 Å². The van der Waals surface area contributed by atoms with Gasteiger partial charge in [0.05, 0.1) is 0 Å². The van der Waals surface area contributed by atoms with Gasteiger partial charge in [-0.2, -0.15) is 0 Å². The lowest BCUT2D eigenvalue weighted by Crippen LogP contribution is -2.37. The van der Waals surface area contributed by atoms with Crippen LogP contribution in [0.2, 0.25) is 0 Å². The van der Waals surface area contributed by atoms with E-state index in [1.807, 2.05) is 56.0 Å². The molecule has 1 N–H and O–H groups in total. The van der Waals surface area contributed by atoms with E-state index in [-0.39, 0.29) is 11.9 Å². The van der Waals surface area contributed by atoms with Gasteiger partial charge in [-0.15, -0.1) is 0 Å². The monoisotopic (exact) mass is 326 g/mol. The molecule has 0 bridgehead atoms. The van der Waals surface area contributed by atoms with Crippen LogP contribution in [0, 0.1) is 6.92 Å². The van der Waals surface area contributed by atoms with Crippen LogP contribution in [0.3, 0.4) is 0 Å². The Morgan fingerprint density at radius 2 is 1.92 bits per heavy atom. The Kier molecular flexibility index (Phi) is 6.29. The van der Waals surface area contributed by atoms with E-state index in [1.165, 1.54) is 0 Å². The average Bonchev–Trinajstić information content (AvgIpc) is 2.57. The van der Waals surface area contributed by atoms with Gasteiger partial charge in [0.1, 0.15) is 17.3 Å². The predicted octanol–water partition coefficient (Wildman–Crippen LogP) is 3.66. The summed E-state index contributed by atoms with van der Waals surface area (Å²) in [5, 5.41) is 3.23. The van der Waals surface area contributed by atoms with E-state index >= 15 is 0 Å². The van der Waals surface area contributed by atoms with Crippen molar-refractivity contribution in [2.75, 3.05) is 11.9 Å². The Hall–Kier alpha value is -2.43. The van der Waals surface area contributed by atoms with Crippen LogP contribution in [0.5, 0.6) is 0 Å². The molecule has 0 fully saturated rings. The van der Waals surface area contributed by atoms with Crippen molar-refractivity contribution >= 4 is 11.7 Å². The van der Waals surface area contributed by atoms with E-state index in [0.29, 0.717) is 23.9 Å². The van der Waals surface area contributed by atoms with Gasteiger partial charge in [-0.05, 0) is 32.8 Å². The van der Waals surface area contributed by atoms with E-state index in [0.717, 1.165) is 18.5 Å². The molecule has 0 spiro atoms. The number of nitrogens with one attached hydrogen (secondary N) is 1. The molecule has 2 aromatic rings. The molecule has 0 radical (unpaired) electrons. The molecule has 1 aromatic carbocycles. The third-order valence-electron chi connectivity index (χ3n) is 3.69. The van der Waals surface area contributed by atoms with E-state index in [1.54, 1.807) is 6.07 Å². The number of aromatic nitrogens is 2. The number of nitrogens with zero attached hydrogens (tertiary/aromatic N) is 3. The highest BCUT2D eigenvalue weighted by atomic mass is 16.2. The Morgan fingerprint density at radius 3 is 2.54 bits per heavy atom. The second-order valence-electron chi connectivity index (χ2n) is 6.12. The van der Waals surface area contributed by atoms with Gasteiger partial charge in [-0.25, -0.2) is 9.97 Å². The maximum absolute atomic E-state index is 13.0. The van der Waals surface area contributed by atoms with Crippen LogP contribution in [0.1, 0.15) is 49.1 Å². The molecule has 0 saturated carbocycles. The minimum Gasteiger partial charge on any atom is -0.370 e. The van der Waals surface area contributed by atoms with Crippen molar-refractivity contribution in [1.29, 1.82) is 0 Å². The molecule has 2 rings (SSSR count). The number of hydrogen-bond acceptors (Lipinski definition) is 4. The number of carbonyl (C=O) groups excluding carboxylic acids is 1. The zero-order chi connectivity index (χ0) is 17.5. The Balaban J connectivity index is 2.24. The summed E-state index contributed by atoms with van der Waals surface area (Å²) in [6.45, 7) is 9.33. The second kappa shape index (κ2) is 8.43. The molecule has 0 atom stereocenters. The highest BCUT2D eigenvalue weighted by Gasteiger charge is 2.21. The first kappa shape index (κ1) is 17.9. The third-order valence-corrected chi connectivity index (χ3v) is 3.69. The highest BCUT2D eigenvalue weighted by Crippen LogP contribution is 2.14. The predicted molar refractivity (Wildman–Crippen MR) is 97.0 cm³/mol. The summed E-state index contributed by atoms with van der Waals surface area (Å²) >= 11 is 0. The maximum atomic E-state index is 13.0. The molecule has 24 heavy (non-hydrogen) atoms. The summed E-state index contributed by atoms with van der Waals surface area (Å²) in [5.41, 5.74) is 1.54. The van der Waals surface area contributed by atoms with Gasteiger partial charge in [-0.3, -0.25) is 4.79 Å². The molecule has 0 aliphatic rings. The van der Waals surface area contributed by atoms with Crippen LogP contribution in [0.4, 0.5) is 5.82 Å². The van der Waals surface area contributed by atoms with Crippen LogP contribution in [-0.4, -0.2) is 33.4 Å². The van der Waals surface area contributed by atoms with Gasteiger partial charge >= 0.3 is 0 Å². The van der Waals surface area contributed by atoms with Crippen molar-refractivity contribution in [2.45, 2.75) is 46.7 Å².